The van der Waals surface area contributed by atoms with Crippen LogP contribution in [0.5, 0.6) is 0 Å². The summed E-state index contributed by atoms with van der Waals surface area (Å²) >= 11 is 5.02. The van der Waals surface area contributed by atoms with Crippen molar-refractivity contribution in [1.82, 2.24) is 29.9 Å². The molecule has 0 radical (unpaired) electrons. The van der Waals surface area contributed by atoms with Crippen LogP contribution in [0.15, 0.2) is 34.2 Å². The molecule has 0 bridgehead atoms. The van der Waals surface area contributed by atoms with E-state index in [-0.39, 0.29) is 5.95 Å². The van der Waals surface area contributed by atoms with Crippen LogP contribution in [0, 0.1) is 0 Å². The van der Waals surface area contributed by atoms with Crippen molar-refractivity contribution in [2.24, 2.45) is 0 Å². The minimum atomic E-state index is -0.805. The Kier molecular flexibility index (Phi) is 4.56. The number of nitrogen functional groups attached to an aromatic ring is 1. The van der Waals surface area contributed by atoms with Crippen molar-refractivity contribution in [3.8, 4) is 11.4 Å². The number of pyridine rings is 1. The smallest absolute Gasteiger partial charge is 0.221 e. The molecule has 1 fully saturated rings. The summed E-state index contributed by atoms with van der Waals surface area (Å²) in [5, 5.41) is 21.3. The summed E-state index contributed by atoms with van der Waals surface area (Å²) in [6.45, 7) is 0.453. The molecule has 1 aliphatic carbocycles. The molecule has 1 saturated carbocycles. The standard InChI is InChI=1S/C19H18BrN7OS/c20-12-10-29-17-15(12)23-18(21)24-16(17)13-9-27(26-25-13)8-11-4-3-5-14(22-11)19(28)6-1-2-7-19/h3-5,9-10,28H,1-2,6-8H2,(H2,21,23,24). The number of halogens is 1. The Balaban J connectivity index is 1.45. The molecule has 148 valence electrons. The number of aromatic nitrogens is 6. The number of nitrogens with two attached hydrogens (primary N) is 1. The lowest BCUT2D eigenvalue weighted by atomic mass is 9.97. The summed E-state index contributed by atoms with van der Waals surface area (Å²) < 4.78 is 3.50. The van der Waals surface area contributed by atoms with Crippen molar-refractivity contribution < 1.29 is 5.11 Å². The number of aliphatic hydroxyl groups is 1. The number of hydrogen-bond acceptors (Lipinski definition) is 8. The zero-order valence-corrected chi connectivity index (χ0v) is 17.8. The highest BCUT2D eigenvalue weighted by Crippen LogP contribution is 2.38. The molecule has 1 aliphatic rings. The Bertz CT molecular complexity index is 1200. The monoisotopic (exact) mass is 471 g/mol. The van der Waals surface area contributed by atoms with Gasteiger partial charge in [-0.1, -0.05) is 24.1 Å². The minimum Gasteiger partial charge on any atom is -0.384 e. The molecular weight excluding hydrogens is 454 g/mol. The van der Waals surface area contributed by atoms with E-state index in [1.807, 2.05) is 29.8 Å². The summed E-state index contributed by atoms with van der Waals surface area (Å²) in [6.07, 6.45) is 5.42. The van der Waals surface area contributed by atoms with Crippen molar-refractivity contribution >= 4 is 43.4 Å². The average molecular weight is 472 g/mol. The van der Waals surface area contributed by atoms with Crippen LogP contribution in [0.4, 0.5) is 5.95 Å². The summed E-state index contributed by atoms with van der Waals surface area (Å²) in [6, 6.07) is 5.76. The SMILES string of the molecule is Nc1nc(-c2cn(Cc3cccc(C4(O)CCCC4)n3)nn2)c2scc(Br)c2n1. The number of nitrogens with zero attached hydrogens (tertiary/aromatic N) is 6. The third kappa shape index (κ3) is 3.41. The van der Waals surface area contributed by atoms with Crippen LogP contribution in [-0.4, -0.2) is 35.1 Å². The topological polar surface area (TPSA) is 116 Å². The van der Waals surface area contributed by atoms with E-state index in [9.17, 15) is 5.11 Å². The van der Waals surface area contributed by atoms with Crippen molar-refractivity contribution in [3.05, 3.63) is 45.6 Å². The quantitative estimate of drug-likeness (QED) is 0.467. The lowest BCUT2D eigenvalue weighted by Crippen LogP contribution is -2.23. The molecule has 0 amide bonds. The Morgan fingerprint density at radius 2 is 2.03 bits per heavy atom. The summed E-state index contributed by atoms with van der Waals surface area (Å²) in [7, 11) is 0. The zero-order chi connectivity index (χ0) is 20.0. The van der Waals surface area contributed by atoms with Gasteiger partial charge in [-0.05, 0) is 40.9 Å². The highest BCUT2D eigenvalue weighted by Gasteiger charge is 2.34. The second-order valence-electron chi connectivity index (χ2n) is 7.25. The van der Waals surface area contributed by atoms with Crippen molar-refractivity contribution in [3.63, 3.8) is 0 Å². The van der Waals surface area contributed by atoms with Gasteiger partial charge in [-0.15, -0.1) is 16.4 Å². The number of thiophene rings is 1. The summed E-state index contributed by atoms with van der Waals surface area (Å²) in [5.41, 5.74) is 8.70. The average Bonchev–Trinajstić information content (AvgIpc) is 3.44. The highest BCUT2D eigenvalue weighted by atomic mass is 79.9. The minimum absolute atomic E-state index is 0.195. The van der Waals surface area contributed by atoms with Gasteiger partial charge < -0.3 is 10.8 Å². The summed E-state index contributed by atoms with van der Waals surface area (Å²) in [5.74, 6) is 0.195. The normalized spacial score (nSPS) is 15.9. The Hall–Kier alpha value is -2.43. The first-order valence-electron chi connectivity index (χ1n) is 9.31. The molecule has 29 heavy (non-hydrogen) atoms. The largest absolute Gasteiger partial charge is 0.384 e. The predicted molar refractivity (Wildman–Crippen MR) is 114 cm³/mol. The Morgan fingerprint density at radius 3 is 2.86 bits per heavy atom. The Morgan fingerprint density at radius 1 is 1.21 bits per heavy atom. The fraction of sp³-hybridized carbons (Fsp3) is 0.316. The number of anilines is 1. The van der Waals surface area contributed by atoms with E-state index in [1.165, 1.54) is 11.3 Å². The lowest BCUT2D eigenvalue weighted by Gasteiger charge is -2.21. The van der Waals surface area contributed by atoms with Gasteiger partial charge in [0.15, 0.2) is 0 Å². The molecule has 0 unspecified atom stereocenters. The van der Waals surface area contributed by atoms with Gasteiger partial charge >= 0.3 is 0 Å². The molecule has 0 aliphatic heterocycles. The van der Waals surface area contributed by atoms with Crippen LogP contribution in [0.2, 0.25) is 0 Å². The fourth-order valence-corrected chi connectivity index (χ4v) is 5.33. The van der Waals surface area contributed by atoms with Crippen molar-refractivity contribution in [2.75, 3.05) is 5.73 Å². The van der Waals surface area contributed by atoms with Crippen molar-refractivity contribution in [1.29, 1.82) is 0 Å². The van der Waals surface area contributed by atoms with Gasteiger partial charge in [-0.25, -0.2) is 14.6 Å². The second-order valence-corrected chi connectivity index (χ2v) is 8.98. The maximum absolute atomic E-state index is 10.8. The molecule has 4 aromatic heterocycles. The van der Waals surface area contributed by atoms with Gasteiger partial charge in [-0.2, -0.15) is 0 Å². The van der Waals surface area contributed by atoms with Crippen LogP contribution in [0.3, 0.4) is 0 Å². The van der Waals surface area contributed by atoms with E-state index in [1.54, 1.807) is 4.68 Å². The number of rotatable bonds is 4. The molecule has 4 heterocycles. The third-order valence-electron chi connectivity index (χ3n) is 5.21. The fourth-order valence-electron chi connectivity index (χ4n) is 3.77. The van der Waals surface area contributed by atoms with Gasteiger partial charge in [0.2, 0.25) is 5.95 Å². The number of hydrogen-bond donors (Lipinski definition) is 2. The lowest BCUT2D eigenvalue weighted by molar-refractivity contribution is 0.0397. The zero-order valence-electron chi connectivity index (χ0n) is 15.4. The first kappa shape index (κ1) is 18.6. The number of fused-ring (bicyclic) bond motifs is 1. The van der Waals surface area contributed by atoms with E-state index in [2.05, 4.69) is 41.2 Å². The van der Waals surface area contributed by atoms with E-state index in [0.717, 1.165) is 51.8 Å². The van der Waals surface area contributed by atoms with E-state index < -0.39 is 5.60 Å². The first-order chi connectivity index (χ1) is 14.0. The van der Waals surface area contributed by atoms with Crippen LogP contribution in [0.25, 0.3) is 21.6 Å². The van der Waals surface area contributed by atoms with Gasteiger partial charge in [-0.3, -0.25) is 4.98 Å². The van der Waals surface area contributed by atoms with Gasteiger partial charge in [0.05, 0.1) is 33.3 Å². The third-order valence-corrected chi connectivity index (χ3v) is 7.09. The predicted octanol–water partition coefficient (Wildman–Crippen LogP) is 3.50. The molecular formula is C19H18BrN7OS. The molecule has 0 aromatic carbocycles. The molecule has 0 atom stereocenters. The van der Waals surface area contributed by atoms with E-state index in [0.29, 0.717) is 17.9 Å². The molecule has 4 aromatic rings. The van der Waals surface area contributed by atoms with Gasteiger partial charge in [0.1, 0.15) is 22.5 Å². The van der Waals surface area contributed by atoms with Crippen molar-refractivity contribution in [2.45, 2.75) is 37.8 Å². The molecule has 0 spiro atoms. The maximum atomic E-state index is 10.8. The van der Waals surface area contributed by atoms with Gasteiger partial charge in [0.25, 0.3) is 0 Å². The van der Waals surface area contributed by atoms with Crippen LogP contribution >= 0.6 is 27.3 Å². The molecule has 3 N–H and O–H groups in total. The van der Waals surface area contributed by atoms with E-state index in [4.69, 9.17) is 5.73 Å². The van der Waals surface area contributed by atoms with Crippen LogP contribution in [0.1, 0.15) is 37.1 Å². The maximum Gasteiger partial charge on any atom is 0.221 e. The van der Waals surface area contributed by atoms with Gasteiger partial charge in [0, 0.05) is 5.38 Å². The molecule has 0 saturated heterocycles. The van der Waals surface area contributed by atoms with Crippen LogP contribution < -0.4 is 5.73 Å². The molecule has 5 rings (SSSR count). The Labute approximate surface area is 179 Å². The molecule has 10 heteroatoms. The van der Waals surface area contributed by atoms with E-state index >= 15 is 0 Å². The molecule has 8 nitrogen and oxygen atoms in total. The highest BCUT2D eigenvalue weighted by molar-refractivity contribution is 9.10. The first-order valence-corrected chi connectivity index (χ1v) is 11.0. The van der Waals surface area contributed by atoms with Crippen LogP contribution in [-0.2, 0) is 12.1 Å². The summed E-state index contributed by atoms with van der Waals surface area (Å²) in [4.78, 5) is 13.3. The second kappa shape index (κ2) is 7.12.